The average molecular weight is 320 g/mol. The second kappa shape index (κ2) is 5.85. The lowest BCUT2D eigenvalue weighted by molar-refractivity contribution is 0.0515. The number of hydrogen-bond donors (Lipinski definition) is 0. The fraction of sp³-hybridized carbons (Fsp3) is 0.158. The van der Waals surface area contributed by atoms with Crippen LogP contribution in [0.4, 0.5) is 0 Å². The van der Waals surface area contributed by atoms with E-state index in [1.165, 1.54) is 0 Å². The van der Waals surface area contributed by atoms with Gasteiger partial charge in [-0.05, 0) is 18.6 Å². The number of aromatic nitrogens is 2. The number of carbonyl (C=O) groups excluding carboxylic acids is 1. The lowest BCUT2D eigenvalue weighted by atomic mass is 10.2. The third-order valence-electron chi connectivity index (χ3n) is 3.99. The standard InChI is InChI=1S/C19H16N2O3/c1-2-23-19(22)15-10-17-18(14-11-20-9-8-16(14)24-17)21(15)12-13-6-4-3-5-7-13/h3-11H,2,12H2,1H3. The van der Waals surface area contributed by atoms with E-state index >= 15 is 0 Å². The molecule has 120 valence electrons. The van der Waals surface area contributed by atoms with Crippen molar-refractivity contribution in [3.8, 4) is 0 Å². The molecule has 0 saturated carbocycles. The molecule has 0 spiro atoms. The van der Waals surface area contributed by atoms with Crippen LogP contribution in [0.1, 0.15) is 23.0 Å². The number of fused-ring (bicyclic) bond motifs is 3. The topological polar surface area (TPSA) is 57.3 Å². The van der Waals surface area contributed by atoms with E-state index in [2.05, 4.69) is 4.98 Å². The lowest BCUT2D eigenvalue weighted by Crippen LogP contribution is -2.13. The van der Waals surface area contributed by atoms with Gasteiger partial charge < -0.3 is 13.7 Å². The van der Waals surface area contributed by atoms with Crippen LogP contribution in [0.5, 0.6) is 0 Å². The van der Waals surface area contributed by atoms with Crippen LogP contribution in [-0.4, -0.2) is 22.1 Å². The van der Waals surface area contributed by atoms with Crippen molar-refractivity contribution in [1.29, 1.82) is 0 Å². The van der Waals surface area contributed by atoms with Crippen LogP contribution >= 0.6 is 0 Å². The highest BCUT2D eigenvalue weighted by atomic mass is 16.5. The maximum absolute atomic E-state index is 12.4. The molecule has 0 radical (unpaired) electrons. The highest BCUT2D eigenvalue weighted by Crippen LogP contribution is 2.31. The van der Waals surface area contributed by atoms with Gasteiger partial charge in [-0.2, -0.15) is 0 Å². The molecule has 5 nitrogen and oxygen atoms in total. The predicted molar refractivity (Wildman–Crippen MR) is 91.0 cm³/mol. The minimum atomic E-state index is -0.350. The summed E-state index contributed by atoms with van der Waals surface area (Å²) in [5.74, 6) is -0.350. The van der Waals surface area contributed by atoms with Crippen molar-refractivity contribution in [2.45, 2.75) is 13.5 Å². The van der Waals surface area contributed by atoms with Crippen LogP contribution in [0.2, 0.25) is 0 Å². The van der Waals surface area contributed by atoms with E-state index in [4.69, 9.17) is 9.15 Å². The van der Waals surface area contributed by atoms with Crippen molar-refractivity contribution in [1.82, 2.24) is 9.55 Å². The molecule has 3 heterocycles. The number of furan rings is 1. The van der Waals surface area contributed by atoms with E-state index < -0.39 is 0 Å². The van der Waals surface area contributed by atoms with Gasteiger partial charge in [-0.1, -0.05) is 30.3 Å². The SMILES string of the molecule is CCOC(=O)c1cc2oc3ccncc3c2n1Cc1ccccc1. The summed E-state index contributed by atoms with van der Waals surface area (Å²) in [5.41, 5.74) is 3.87. The first-order valence-corrected chi connectivity index (χ1v) is 7.84. The Kier molecular flexibility index (Phi) is 3.54. The summed E-state index contributed by atoms with van der Waals surface area (Å²) in [4.78, 5) is 16.5. The van der Waals surface area contributed by atoms with Gasteiger partial charge >= 0.3 is 5.97 Å². The van der Waals surface area contributed by atoms with Crippen molar-refractivity contribution >= 4 is 28.0 Å². The Labute approximate surface area is 138 Å². The molecule has 4 aromatic rings. The van der Waals surface area contributed by atoms with Gasteiger partial charge in [0.25, 0.3) is 0 Å². The molecule has 0 bridgehead atoms. The molecule has 0 amide bonds. The Morgan fingerprint density at radius 1 is 1.21 bits per heavy atom. The highest BCUT2D eigenvalue weighted by Gasteiger charge is 2.21. The number of esters is 1. The van der Waals surface area contributed by atoms with Crippen LogP contribution in [0.3, 0.4) is 0 Å². The zero-order chi connectivity index (χ0) is 16.5. The van der Waals surface area contributed by atoms with Gasteiger partial charge in [-0.25, -0.2) is 4.79 Å². The molecule has 0 fully saturated rings. The van der Waals surface area contributed by atoms with Crippen molar-refractivity contribution in [2.75, 3.05) is 6.61 Å². The fourth-order valence-electron chi connectivity index (χ4n) is 2.95. The summed E-state index contributed by atoms with van der Waals surface area (Å²) < 4.78 is 13.0. The molecule has 4 rings (SSSR count). The van der Waals surface area contributed by atoms with Crippen LogP contribution < -0.4 is 0 Å². The number of ether oxygens (including phenoxy) is 1. The van der Waals surface area contributed by atoms with Crippen LogP contribution in [0, 0.1) is 0 Å². The van der Waals surface area contributed by atoms with Crippen LogP contribution in [0.15, 0.2) is 59.3 Å². The van der Waals surface area contributed by atoms with Crippen molar-refractivity contribution in [2.24, 2.45) is 0 Å². The van der Waals surface area contributed by atoms with Crippen LogP contribution in [-0.2, 0) is 11.3 Å². The maximum Gasteiger partial charge on any atom is 0.355 e. The lowest BCUT2D eigenvalue weighted by Gasteiger charge is -2.10. The average Bonchev–Trinajstić information content (AvgIpc) is 3.13. The Morgan fingerprint density at radius 3 is 2.83 bits per heavy atom. The molecule has 5 heteroatoms. The van der Waals surface area contributed by atoms with E-state index in [0.29, 0.717) is 24.4 Å². The molecule has 0 aliphatic rings. The summed E-state index contributed by atoms with van der Waals surface area (Å²) in [7, 11) is 0. The molecule has 0 unspecified atom stereocenters. The Hall–Kier alpha value is -3.08. The molecule has 24 heavy (non-hydrogen) atoms. The zero-order valence-corrected chi connectivity index (χ0v) is 13.2. The van der Waals surface area contributed by atoms with E-state index in [1.54, 1.807) is 25.4 Å². The van der Waals surface area contributed by atoms with Gasteiger partial charge in [0.05, 0.1) is 17.5 Å². The number of carbonyl (C=O) groups is 1. The first kappa shape index (κ1) is 14.5. The molecule has 0 saturated heterocycles. The molecule has 1 aromatic carbocycles. The summed E-state index contributed by atoms with van der Waals surface area (Å²) in [6.07, 6.45) is 3.45. The van der Waals surface area contributed by atoms with Gasteiger partial charge in [-0.15, -0.1) is 0 Å². The van der Waals surface area contributed by atoms with Gasteiger partial charge in [0.2, 0.25) is 0 Å². The Bertz CT molecular complexity index is 1020. The van der Waals surface area contributed by atoms with Crippen molar-refractivity contribution in [3.63, 3.8) is 0 Å². The molecule has 0 atom stereocenters. The zero-order valence-electron chi connectivity index (χ0n) is 13.2. The first-order valence-electron chi connectivity index (χ1n) is 7.84. The third-order valence-corrected chi connectivity index (χ3v) is 3.99. The number of pyridine rings is 1. The molecule has 0 aliphatic carbocycles. The molecule has 0 aliphatic heterocycles. The molecule has 0 N–H and O–H groups in total. The van der Waals surface area contributed by atoms with Crippen molar-refractivity contribution < 1.29 is 13.9 Å². The monoisotopic (exact) mass is 320 g/mol. The highest BCUT2D eigenvalue weighted by molar-refractivity contribution is 6.06. The normalized spacial score (nSPS) is 11.2. The summed E-state index contributed by atoms with van der Waals surface area (Å²) in [6, 6.07) is 13.6. The molecular formula is C19H16N2O3. The van der Waals surface area contributed by atoms with Gasteiger partial charge in [0.15, 0.2) is 5.58 Å². The van der Waals surface area contributed by atoms with Gasteiger partial charge in [0, 0.05) is 25.0 Å². The van der Waals surface area contributed by atoms with Crippen molar-refractivity contribution in [3.05, 3.63) is 66.1 Å². The molecular weight excluding hydrogens is 304 g/mol. The largest absolute Gasteiger partial charge is 0.461 e. The van der Waals surface area contributed by atoms with Gasteiger partial charge in [-0.3, -0.25) is 4.98 Å². The van der Waals surface area contributed by atoms with E-state index in [-0.39, 0.29) is 5.97 Å². The van der Waals surface area contributed by atoms with Crippen LogP contribution in [0.25, 0.3) is 22.1 Å². The number of nitrogens with zero attached hydrogens (tertiary/aromatic N) is 2. The van der Waals surface area contributed by atoms with E-state index in [0.717, 1.165) is 22.0 Å². The predicted octanol–water partition coefficient (Wildman–Crippen LogP) is 4.01. The minimum absolute atomic E-state index is 0.332. The maximum atomic E-state index is 12.4. The van der Waals surface area contributed by atoms with E-state index in [9.17, 15) is 4.79 Å². The molecule has 3 aromatic heterocycles. The summed E-state index contributed by atoms with van der Waals surface area (Å²) in [5, 5.41) is 0.888. The minimum Gasteiger partial charge on any atom is -0.461 e. The third kappa shape index (κ3) is 2.34. The fourth-order valence-corrected chi connectivity index (χ4v) is 2.95. The Morgan fingerprint density at radius 2 is 2.04 bits per heavy atom. The number of rotatable bonds is 4. The van der Waals surface area contributed by atoms with E-state index in [1.807, 2.05) is 41.0 Å². The number of benzene rings is 1. The second-order valence-corrected chi connectivity index (χ2v) is 5.51. The first-order chi connectivity index (χ1) is 11.8. The quantitative estimate of drug-likeness (QED) is 0.533. The smallest absolute Gasteiger partial charge is 0.355 e. The second-order valence-electron chi connectivity index (χ2n) is 5.51. The summed E-state index contributed by atoms with van der Waals surface area (Å²) in [6.45, 7) is 2.69. The van der Waals surface area contributed by atoms with Gasteiger partial charge in [0.1, 0.15) is 11.3 Å². The Balaban J connectivity index is 1.94. The number of hydrogen-bond acceptors (Lipinski definition) is 4. The summed E-state index contributed by atoms with van der Waals surface area (Å²) >= 11 is 0.